The summed E-state index contributed by atoms with van der Waals surface area (Å²) >= 11 is 3.43. The lowest BCUT2D eigenvalue weighted by atomic mass is 10.2. The van der Waals surface area contributed by atoms with E-state index >= 15 is 0 Å². The highest BCUT2D eigenvalue weighted by Gasteiger charge is 2.21. The monoisotopic (exact) mass is 321 g/mol. The second-order valence-corrected chi connectivity index (χ2v) is 5.69. The van der Waals surface area contributed by atoms with Crippen LogP contribution in [-0.2, 0) is 13.2 Å². The van der Waals surface area contributed by atoms with Gasteiger partial charge >= 0.3 is 0 Å². The summed E-state index contributed by atoms with van der Waals surface area (Å²) in [6, 6.07) is 10.5. The molecule has 1 aromatic heterocycles. The van der Waals surface area contributed by atoms with Gasteiger partial charge in [0, 0.05) is 16.1 Å². The number of hydrogen-bond acceptors (Lipinski definition) is 3. The fourth-order valence-electron chi connectivity index (χ4n) is 1.89. The van der Waals surface area contributed by atoms with Gasteiger partial charge in [0.25, 0.3) is 0 Å². The Bertz CT molecular complexity index is 549. The number of rotatable bonds is 6. The summed E-state index contributed by atoms with van der Waals surface area (Å²) in [5.74, 6) is 1.83. The first-order valence-electron chi connectivity index (χ1n) is 6.48. The molecule has 0 saturated heterocycles. The number of hydrogen-bond donors (Lipinski definition) is 1. The molecule has 100 valence electrons. The van der Waals surface area contributed by atoms with E-state index in [1.54, 1.807) is 6.26 Å². The lowest BCUT2D eigenvalue weighted by Gasteiger charge is -2.07. The van der Waals surface area contributed by atoms with Crippen LogP contribution in [0.3, 0.4) is 0 Å². The van der Waals surface area contributed by atoms with Gasteiger partial charge in [-0.05, 0) is 37.1 Å². The molecule has 0 unspecified atom stereocenters. The second kappa shape index (κ2) is 5.80. The number of halogens is 1. The summed E-state index contributed by atoms with van der Waals surface area (Å²) in [6.45, 7) is 1.32. The maximum absolute atomic E-state index is 5.78. The molecule has 0 atom stereocenters. The minimum atomic E-state index is 0.536. The van der Waals surface area contributed by atoms with Crippen LogP contribution in [0, 0.1) is 0 Å². The summed E-state index contributed by atoms with van der Waals surface area (Å²) in [5, 5.41) is 3.45. The average molecular weight is 322 g/mol. The molecule has 1 fully saturated rings. The van der Waals surface area contributed by atoms with Gasteiger partial charge < -0.3 is 14.5 Å². The Hall–Kier alpha value is -1.26. The van der Waals surface area contributed by atoms with Gasteiger partial charge in [0.2, 0.25) is 0 Å². The summed E-state index contributed by atoms with van der Waals surface area (Å²) in [7, 11) is 0. The smallest absolute Gasteiger partial charge is 0.124 e. The molecule has 1 saturated carbocycles. The van der Waals surface area contributed by atoms with Crippen LogP contribution < -0.4 is 10.1 Å². The van der Waals surface area contributed by atoms with Gasteiger partial charge in [-0.15, -0.1) is 0 Å². The standard InChI is InChI=1S/C15H16BrNO2/c16-12-2-1-3-14(8-12)19-10-11-6-7-18-15(11)9-17-13-4-5-13/h1-3,6-8,13,17H,4-5,9-10H2. The molecule has 1 aromatic carbocycles. The summed E-state index contributed by atoms with van der Waals surface area (Å²) in [5.41, 5.74) is 1.10. The Balaban J connectivity index is 1.58. The fraction of sp³-hybridized carbons (Fsp3) is 0.333. The molecule has 0 bridgehead atoms. The Morgan fingerprint density at radius 3 is 3.00 bits per heavy atom. The summed E-state index contributed by atoms with van der Waals surface area (Å²) in [4.78, 5) is 0. The predicted molar refractivity (Wildman–Crippen MR) is 77.0 cm³/mol. The molecule has 1 heterocycles. The average Bonchev–Trinajstić information content (AvgIpc) is 3.13. The number of ether oxygens (including phenoxy) is 1. The Morgan fingerprint density at radius 1 is 1.32 bits per heavy atom. The largest absolute Gasteiger partial charge is 0.489 e. The van der Waals surface area contributed by atoms with Gasteiger partial charge in [0.15, 0.2) is 0 Å². The lowest BCUT2D eigenvalue weighted by Crippen LogP contribution is -2.16. The van der Waals surface area contributed by atoms with Crippen molar-refractivity contribution >= 4 is 15.9 Å². The van der Waals surface area contributed by atoms with E-state index in [1.807, 2.05) is 30.3 Å². The number of furan rings is 1. The molecule has 1 N–H and O–H groups in total. The third-order valence-electron chi connectivity index (χ3n) is 3.16. The van der Waals surface area contributed by atoms with E-state index in [9.17, 15) is 0 Å². The van der Waals surface area contributed by atoms with E-state index < -0.39 is 0 Å². The predicted octanol–water partition coefficient (Wildman–Crippen LogP) is 3.87. The third kappa shape index (κ3) is 3.61. The van der Waals surface area contributed by atoms with Crippen LogP contribution in [0.1, 0.15) is 24.2 Å². The fourth-order valence-corrected chi connectivity index (χ4v) is 2.27. The molecule has 0 amide bonds. The van der Waals surface area contributed by atoms with Crippen molar-refractivity contribution in [1.29, 1.82) is 0 Å². The van der Waals surface area contributed by atoms with Crippen molar-refractivity contribution in [2.75, 3.05) is 0 Å². The van der Waals surface area contributed by atoms with Crippen molar-refractivity contribution in [2.24, 2.45) is 0 Å². The minimum absolute atomic E-state index is 0.536. The number of nitrogens with one attached hydrogen (secondary N) is 1. The molecule has 19 heavy (non-hydrogen) atoms. The van der Waals surface area contributed by atoms with Gasteiger partial charge in [0.05, 0.1) is 12.8 Å². The van der Waals surface area contributed by atoms with Gasteiger partial charge in [-0.25, -0.2) is 0 Å². The van der Waals surface area contributed by atoms with Crippen molar-refractivity contribution in [3.8, 4) is 5.75 Å². The molecule has 0 radical (unpaired) electrons. The van der Waals surface area contributed by atoms with Crippen LogP contribution in [-0.4, -0.2) is 6.04 Å². The van der Waals surface area contributed by atoms with E-state index in [4.69, 9.17) is 9.15 Å². The first kappa shape index (κ1) is 12.8. The van der Waals surface area contributed by atoms with Gasteiger partial charge in [-0.2, -0.15) is 0 Å². The van der Waals surface area contributed by atoms with Gasteiger partial charge in [-0.1, -0.05) is 22.0 Å². The summed E-state index contributed by atoms with van der Waals surface area (Å²) in [6.07, 6.45) is 4.29. The zero-order valence-corrected chi connectivity index (χ0v) is 12.2. The number of benzene rings is 1. The highest BCUT2D eigenvalue weighted by molar-refractivity contribution is 9.10. The molecule has 4 heteroatoms. The molecule has 1 aliphatic rings. The zero-order chi connectivity index (χ0) is 13.1. The van der Waals surface area contributed by atoms with E-state index in [-0.39, 0.29) is 0 Å². The van der Waals surface area contributed by atoms with Crippen LogP contribution in [0.5, 0.6) is 5.75 Å². The third-order valence-corrected chi connectivity index (χ3v) is 3.65. The Kier molecular flexibility index (Phi) is 3.89. The van der Waals surface area contributed by atoms with Crippen molar-refractivity contribution in [3.05, 3.63) is 52.4 Å². The molecule has 2 aromatic rings. The molecule has 3 rings (SSSR count). The first-order chi connectivity index (χ1) is 9.31. The normalized spacial score (nSPS) is 14.6. The molecule has 1 aliphatic carbocycles. The van der Waals surface area contributed by atoms with E-state index in [0.29, 0.717) is 12.6 Å². The lowest BCUT2D eigenvalue weighted by molar-refractivity contribution is 0.301. The SMILES string of the molecule is Brc1cccc(OCc2ccoc2CNC2CC2)c1. The highest BCUT2D eigenvalue weighted by atomic mass is 79.9. The molecule has 3 nitrogen and oxygen atoms in total. The van der Waals surface area contributed by atoms with Gasteiger partial charge in [-0.3, -0.25) is 0 Å². The van der Waals surface area contributed by atoms with E-state index in [1.165, 1.54) is 12.8 Å². The van der Waals surface area contributed by atoms with Crippen LogP contribution in [0.4, 0.5) is 0 Å². The topological polar surface area (TPSA) is 34.4 Å². The molecular formula is C15H16BrNO2. The maximum Gasteiger partial charge on any atom is 0.124 e. The van der Waals surface area contributed by atoms with E-state index in [0.717, 1.165) is 28.1 Å². The highest BCUT2D eigenvalue weighted by Crippen LogP contribution is 2.22. The van der Waals surface area contributed by atoms with Crippen LogP contribution in [0.25, 0.3) is 0 Å². The summed E-state index contributed by atoms with van der Waals surface area (Å²) < 4.78 is 12.3. The van der Waals surface area contributed by atoms with Crippen molar-refractivity contribution in [1.82, 2.24) is 5.32 Å². The molecule has 0 spiro atoms. The van der Waals surface area contributed by atoms with Crippen molar-refractivity contribution < 1.29 is 9.15 Å². The Morgan fingerprint density at radius 2 is 2.21 bits per heavy atom. The first-order valence-corrected chi connectivity index (χ1v) is 7.27. The quantitative estimate of drug-likeness (QED) is 0.877. The molecule has 0 aliphatic heterocycles. The van der Waals surface area contributed by atoms with Crippen molar-refractivity contribution in [2.45, 2.75) is 32.0 Å². The maximum atomic E-state index is 5.78. The second-order valence-electron chi connectivity index (χ2n) is 4.77. The van der Waals surface area contributed by atoms with Crippen LogP contribution in [0.15, 0.2) is 45.5 Å². The Labute approximate surface area is 121 Å². The van der Waals surface area contributed by atoms with E-state index in [2.05, 4.69) is 21.2 Å². The molecular weight excluding hydrogens is 306 g/mol. The van der Waals surface area contributed by atoms with Gasteiger partial charge in [0.1, 0.15) is 18.1 Å². The zero-order valence-electron chi connectivity index (χ0n) is 10.6. The van der Waals surface area contributed by atoms with Crippen LogP contribution >= 0.6 is 15.9 Å². The minimum Gasteiger partial charge on any atom is -0.489 e. The van der Waals surface area contributed by atoms with Crippen LogP contribution in [0.2, 0.25) is 0 Å². The van der Waals surface area contributed by atoms with Crippen molar-refractivity contribution in [3.63, 3.8) is 0 Å².